The standard InChI is InChI=1S/C17H23ClN2S/c1-12(2)20(11-16-5-4-8-21-16)17-10-15(18)7-6-14(17)9-13(3)19/h4-8,10,12-13H,9,11,19H2,1-3H3. The molecule has 0 bridgehead atoms. The molecule has 0 aliphatic heterocycles. The van der Waals surface area contributed by atoms with Crippen LogP contribution < -0.4 is 10.6 Å². The van der Waals surface area contributed by atoms with Gasteiger partial charge in [0, 0.05) is 27.7 Å². The molecule has 2 aromatic rings. The Kier molecular flexibility index (Phi) is 5.68. The molecule has 21 heavy (non-hydrogen) atoms. The van der Waals surface area contributed by atoms with Crippen LogP contribution in [0.15, 0.2) is 35.7 Å². The van der Waals surface area contributed by atoms with Crippen molar-refractivity contribution in [3.05, 3.63) is 51.2 Å². The second-order valence-electron chi connectivity index (χ2n) is 5.76. The summed E-state index contributed by atoms with van der Waals surface area (Å²) < 4.78 is 0. The summed E-state index contributed by atoms with van der Waals surface area (Å²) in [7, 11) is 0. The van der Waals surface area contributed by atoms with E-state index in [1.165, 1.54) is 16.1 Å². The van der Waals surface area contributed by atoms with Gasteiger partial charge >= 0.3 is 0 Å². The molecule has 0 aliphatic carbocycles. The Bertz CT molecular complexity index is 564. The van der Waals surface area contributed by atoms with Gasteiger partial charge in [-0.3, -0.25) is 0 Å². The molecular formula is C17H23ClN2S. The number of hydrogen-bond donors (Lipinski definition) is 1. The lowest BCUT2D eigenvalue weighted by Crippen LogP contribution is -2.31. The largest absolute Gasteiger partial charge is 0.364 e. The van der Waals surface area contributed by atoms with Crippen molar-refractivity contribution in [3.63, 3.8) is 0 Å². The van der Waals surface area contributed by atoms with Gasteiger partial charge in [-0.25, -0.2) is 0 Å². The molecule has 1 aromatic carbocycles. The Hall–Kier alpha value is -1.03. The van der Waals surface area contributed by atoms with Crippen molar-refractivity contribution in [1.29, 1.82) is 0 Å². The Balaban J connectivity index is 2.36. The van der Waals surface area contributed by atoms with E-state index in [0.29, 0.717) is 6.04 Å². The average molecular weight is 323 g/mol. The summed E-state index contributed by atoms with van der Waals surface area (Å²) in [4.78, 5) is 3.76. The highest BCUT2D eigenvalue weighted by Gasteiger charge is 2.16. The predicted octanol–water partition coefficient (Wildman–Crippen LogP) is 4.71. The number of halogens is 1. The lowest BCUT2D eigenvalue weighted by Gasteiger charge is -2.31. The van der Waals surface area contributed by atoms with E-state index >= 15 is 0 Å². The average Bonchev–Trinajstić information content (AvgIpc) is 2.90. The van der Waals surface area contributed by atoms with Crippen molar-refractivity contribution in [3.8, 4) is 0 Å². The Morgan fingerprint density at radius 3 is 2.57 bits per heavy atom. The first-order chi connectivity index (χ1) is 9.97. The maximum Gasteiger partial charge on any atom is 0.0525 e. The van der Waals surface area contributed by atoms with Gasteiger partial charge in [-0.15, -0.1) is 11.3 Å². The van der Waals surface area contributed by atoms with Crippen molar-refractivity contribution < 1.29 is 0 Å². The Morgan fingerprint density at radius 1 is 1.24 bits per heavy atom. The maximum absolute atomic E-state index is 6.23. The normalized spacial score (nSPS) is 12.7. The highest BCUT2D eigenvalue weighted by Crippen LogP contribution is 2.29. The van der Waals surface area contributed by atoms with Gasteiger partial charge in [0.05, 0.1) is 6.54 Å². The number of benzene rings is 1. The van der Waals surface area contributed by atoms with Crippen molar-refractivity contribution in [2.24, 2.45) is 5.73 Å². The maximum atomic E-state index is 6.23. The van der Waals surface area contributed by atoms with Crippen LogP contribution in [0.4, 0.5) is 5.69 Å². The summed E-state index contributed by atoms with van der Waals surface area (Å²) >= 11 is 8.02. The van der Waals surface area contributed by atoms with Gasteiger partial charge in [-0.05, 0) is 56.3 Å². The van der Waals surface area contributed by atoms with E-state index in [1.807, 2.05) is 13.0 Å². The molecule has 0 amide bonds. The molecular weight excluding hydrogens is 300 g/mol. The molecule has 114 valence electrons. The van der Waals surface area contributed by atoms with Crippen LogP contribution in [0.5, 0.6) is 0 Å². The first-order valence-electron chi connectivity index (χ1n) is 7.30. The summed E-state index contributed by atoms with van der Waals surface area (Å²) in [6.45, 7) is 7.37. The number of hydrogen-bond acceptors (Lipinski definition) is 3. The fourth-order valence-corrected chi connectivity index (χ4v) is 3.31. The van der Waals surface area contributed by atoms with Crippen LogP contribution >= 0.6 is 22.9 Å². The van der Waals surface area contributed by atoms with E-state index in [2.05, 4.69) is 48.4 Å². The van der Waals surface area contributed by atoms with E-state index in [9.17, 15) is 0 Å². The minimum Gasteiger partial charge on any atom is -0.364 e. The molecule has 0 saturated carbocycles. The second-order valence-corrected chi connectivity index (χ2v) is 7.22. The van der Waals surface area contributed by atoms with Crippen LogP contribution in [0.25, 0.3) is 0 Å². The van der Waals surface area contributed by atoms with Crippen molar-refractivity contribution >= 4 is 28.6 Å². The fraction of sp³-hybridized carbons (Fsp3) is 0.412. The molecule has 2 rings (SSSR count). The number of nitrogens with zero attached hydrogens (tertiary/aromatic N) is 1. The molecule has 1 heterocycles. The predicted molar refractivity (Wildman–Crippen MR) is 94.4 cm³/mol. The zero-order valence-electron chi connectivity index (χ0n) is 12.8. The van der Waals surface area contributed by atoms with Crippen LogP contribution in [0, 0.1) is 0 Å². The Morgan fingerprint density at radius 2 is 2.00 bits per heavy atom. The molecule has 2 nitrogen and oxygen atoms in total. The van der Waals surface area contributed by atoms with Crippen molar-refractivity contribution in [2.75, 3.05) is 4.90 Å². The minimum absolute atomic E-state index is 0.140. The van der Waals surface area contributed by atoms with Gasteiger partial charge in [0.1, 0.15) is 0 Å². The zero-order chi connectivity index (χ0) is 15.4. The lowest BCUT2D eigenvalue weighted by atomic mass is 10.0. The third kappa shape index (κ3) is 4.47. The van der Waals surface area contributed by atoms with Crippen LogP contribution in [0.1, 0.15) is 31.2 Å². The minimum atomic E-state index is 0.140. The van der Waals surface area contributed by atoms with Crippen LogP contribution in [0.3, 0.4) is 0 Å². The number of thiophene rings is 1. The molecule has 4 heteroatoms. The summed E-state index contributed by atoms with van der Waals surface area (Å²) in [5.74, 6) is 0. The number of rotatable bonds is 6. The molecule has 1 atom stereocenters. The van der Waals surface area contributed by atoms with Gasteiger partial charge in [0.2, 0.25) is 0 Å². The van der Waals surface area contributed by atoms with Crippen LogP contribution in [0.2, 0.25) is 5.02 Å². The second kappa shape index (κ2) is 7.30. The van der Waals surface area contributed by atoms with E-state index in [0.717, 1.165) is 18.0 Å². The Labute approximate surface area is 136 Å². The van der Waals surface area contributed by atoms with Gasteiger partial charge in [0.25, 0.3) is 0 Å². The van der Waals surface area contributed by atoms with E-state index < -0.39 is 0 Å². The van der Waals surface area contributed by atoms with Crippen LogP contribution in [-0.2, 0) is 13.0 Å². The summed E-state index contributed by atoms with van der Waals surface area (Å²) in [5.41, 5.74) is 8.46. The van der Waals surface area contributed by atoms with E-state index in [4.69, 9.17) is 17.3 Å². The molecule has 0 aliphatic rings. The molecule has 0 radical (unpaired) electrons. The van der Waals surface area contributed by atoms with Crippen molar-refractivity contribution in [1.82, 2.24) is 0 Å². The summed E-state index contributed by atoms with van der Waals surface area (Å²) in [6.07, 6.45) is 0.861. The van der Waals surface area contributed by atoms with Gasteiger partial charge in [0.15, 0.2) is 0 Å². The smallest absolute Gasteiger partial charge is 0.0525 e. The molecule has 0 saturated heterocycles. The molecule has 2 N–H and O–H groups in total. The first kappa shape index (κ1) is 16.3. The van der Waals surface area contributed by atoms with E-state index in [1.54, 1.807) is 11.3 Å². The van der Waals surface area contributed by atoms with E-state index in [-0.39, 0.29) is 6.04 Å². The number of anilines is 1. The molecule has 1 unspecified atom stereocenters. The zero-order valence-corrected chi connectivity index (χ0v) is 14.4. The monoisotopic (exact) mass is 322 g/mol. The third-order valence-electron chi connectivity index (χ3n) is 3.43. The van der Waals surface area contributed by atoms with Gasteiger partial charge in [-0.1, -0.05) is 23.7 Å². The van der Waals surface area contributed by atoms with Crippen LogP contribution in [-0.4, -0.2) is 12.1 Å². The quantitative estimate of drug-likeness (QED) is 0.834. The number of nitrogens with two attached hydrogens (primary N) is 1. The third-order valence-corrected chi connectivity index (χ3v) is 4.52. The fourth-order valence-electron chi connectivity index (χ4n) is 2.44. The van der Waals surface area contributed by atoms with Crippen molar-refractivity contribution in [2.45, 2.75) is 45.8 Å². The highest BCUT2D eigenvalue weighted by atomic mass is 35.5. The first-order valence-corrected chi connectivity index (χ1v) is 8.56. The lowest BCUT2D eigenvalue weighted by molar-refractivity contribution is 0.674. The molecule has 0 fully saturated rings. The van der Waals surface area contributed by atoms with Gasteiger partial charge in [-0.2, -0.15) is 0 Å². The SMILES string of the molecule is CC(N)Cc1ccc(Cl)cc1N(Cc1cccs1)C(C)C. The summed E-state index contributed by atoms with van der Waals surface area (Å²) in [5, 5.41) is 2.89. The van der Waals surface area contributed by atoms with Gasteiger partial charge < -0.3 is 10.6 Å². The molecule has 1 aromatic heterocycles. The molecule has 0 spiro atoms. The topological polar surface area (TPSA) is 29.3 Å². The highest BCUT2D eigenvalue weighted by molar-refractivity contribution is 7.09. The summed E-state index contributed by atoms with van der Waals surface area (Å²) in [6, 6.07) is 10.9.